The summed E-state index contributed by atoms with van der Waals surface area (Å²) in [5.41, 5.74) is 0. The molecular weight excluding hydrogens is 542 g/mol. The highest BCUT2D eigenvalue weighted by Crippen LogP contribution is 2.21. The van der Waals surface area contributed by atoms with Gasteiger partial charge in [0.2, 0.25) is 0 Å². The fourth-order valence-corrected chi connectivity index (χ4v) is 7.70. The van der Waals surface area contributed by atoms with Crippen LogP contribution < -0.4 is 0 Å². The van der Waals surface area contributed by atoms with E-state index >= 15 is 0 Å². The van der Waals surface area contributed by atoms with Crippen LogP contribution in [0.4, 0.5) is 0 Å². The molecule has 0 saturated heterocycles. The lowest BCUT2D eigenvalue weighted by Crippen LogP contribution is -2.50. The third kappa shape index (κ3) is 33.6. The van der Waals surface area contributed by atoms with Crippen molar-refractivity contribution in [3.05, 3.63) is 0 Å². The zero-order chi connectivity index (χ0) is 32.8. The van der Waals surface area contributed by atoms with Crippen LogP contribution in [0.25, 0.3) is 0 Å². The summed E-state index contributed by atoms with van der Waals surface area (Å²) < 4.78 is 1.49. The quantitative estimate of drug-likeness (QED) is 0.0465. The van der Waals surface area contributed by atoms with Gasteiger partial charge >= 0.3 is 0 Å². The summed E-state index contributed by atoms with van der Waals surface area (Å²) in [4.78, 5) is 0. The van der Waals surface area contributed by atoms with Crippen molar-refractivity contribution < 1.29 is 4.48 Å². The van der Waals surface area contributed by atoms with E-state index < -0.39 is 0 Å². The van der Waals surface area contributed by atoms with Gasteiger partial charge in [-0.25, -0.2) is 0 Å². The molecule has 272 valence electrons. The summed E-state index contributed by atoms with van der Waals surface area (Å²) in [5.74, 6) is 0. The Morgan fingerprint density at radius 2 is 0.311 bits per heavy atom. The monoisotopic (exact) mass is 635 g/mol. The number of quaternary nitrogens is 1. The molecule has 0 saturated carbocycles. The fourth-order valence-electron chi connectivity index (χ4n) is 7.70. The fraction of sp³-hybridized carbons (Fsp3) is 1.00. The second kappa shape index (κ2) is 38.4. The third-order valence-corrected chi connectivity index (χ3v) is 10.9. The van der Waals surface area contributed by atoms with Crippen molar-refractivity contribution >= 4 is 0 Å². The van der Waals surface area contributed by atoms with E-state index in [1.807, 2.05) is 0 Å². The van der Waals surface area contributed by atoms with Crippen LogP contribution in [0.15, 0.2) is 0 Å². The summed E-state index contributed by atoms with van der Waals surface area (Å²) in [6, 6.07) is 0. The van der Waals surface area contributed by atoms with Gasteiger partial charge in [0.05, 0.1) is 26.2 Å². The zero-order valence-electron chi connectivity index (χ0n) is 32.7. The Hall–Kier alpha value is -0.0400. The second-order valence-electron chi connectivity index (χ2n) is 15.5. The molecule has 1 nitrogen and oxygen atoms in total. The summed E-state index contributed by atoms with van der Waals surface area (Å²) in [7, 11) is 0. The maximum Gasteiger partial charge on any atom is 0.0786 e. The van der Waals surface area contributed by atoms with Crippen LogP contribution >= 0.6 is 0 Å². The van der Waals surface area contributed by atoms with Gasteiger partial charge < -0.3 is 4.48 Å². The van der Waals surface area contributed by atoms with Crippen molar-refractivity contribution in [1.82, 2.24) is 0 Å². The third-order valence-electron chi connectivity index (χ3n) is 10.9. The molecule has 0 spiro atoms. The van der Waals surface area contributed by atoms with E-state index in [0.29, 0.717) is 0 Å². The molecule has 0 aromatic carbocycles. The number of unbranched alkanes of at least 4 members (excludes halogenated alkanes) is 32. The molecule has 0 fully saturated rings. The van der Waals surface area contributed by atoms with E-state index in [2.05, 4.69) is 27.7 Å². The lowest BCUT2D eigenvalue weighted by Gasteiger charge is -2.40. The van der Waals surface area contributed by atoms with Crippen molar-refractivity contribution in [2.24, 2.45) is 0 Å². The highest BCUT2D eigenvalue weighted by molar-refractivity contribution is 4.56. The van der Waals surface area contributed by atoms with Crippen LogP contribution in [0.1, 0.15) is 259 Å². The van der Waals surface area contributed by atoms with Crippen LogP contribution in [0.5, 0.6) is 0 Å². The lowest BCUT2D eigenvalue weighted by atomic mass is 10.0. The smallest absolute Gasteiger partial charge is 0.0786 e. The molecule has 0 aliphatic carbocycles. The average molecular weight is 635 g/mol. The molecule has 0 heterocycles. The van der Waals surface area contributed by atoms with Crippen LogP contribution in [0.2, 0.25) is 0 Å². The molecule has 0 amide bonds. The van der Waals surface area contributed by atoms with E-state index in [9.17, 15) is 0 Å². The summed E-state index contributed by atoms with van der Waals surface area (Å²) >= 11 is 0. The average Bonchev–Trinajstić information content (AvgIpc) is 3.05. The standard InChI is InChI=1S/C44H92N/c1-5-9-13-17-21-25-29-33-37-41-45(42-38-34-30-26-22-18-14-10-6-2,43-39-35-31-27-23-19-15-11-7-3)44-40-36-32-28-24-20-16-12-8-4/h5-44H2,1-4H3/q+1. The molecular formula is C44H92N+. The summed E-state index contributed by atoms with van der Waals surface area (Å²) in [6.07, 6.45) is 52.7. The molecule has 0 bridgehead atoms. The van der Waals surface area contributed by atoms with Gasteiger partial charge in [0.1, 0.15) is 0 Å². The first-order valence-electron chi connectivity index (χ1n) is 22.1. The minimum Gasteiger partial charge on any atom is -0.324 e. The van der Waals surface area contributed by atoms with Gasteiger partial charge in [0.15, 0.2) is 0 Å². The molecule has 1 heteroatoms. The van der Waals surface area contributed by atoms with Gasteiger partial charge in [-0.1, -0.05) is 207 Å². The molecule has 0 aromatic heterocycles. The van der Waals surface area contributed by atoms with Crippen molar-refractivity contribution in [3.8, 4) is 0 Å². The molecule has 0 N–H and O–H groups in total. The van der Waals surface area contributed by atoms with E-state index in [4.69, 9.17) is 0 Å². The van der Waals surface area contributed by atoms with E-state index in [-0.39, 0.29) is 0 Å². The Morgan fingerprint density at radius 1 is 0.178 bits per heavy atom. The highest BCUT2D eigenvalue weighted by atomic mass is 15.3. The molecule has 0 aromatic rings. The Labute approximate surface area is 288 Å². The number of hydrogen-bond acceptors (Lipinski definition) is 0. The van der Waals surface area contributed by atoms with Crippen molar-refractivity contribution in [3.63, 3.8) is 0 Å². The van der Waals surface area contributed by atoms with Gasteiger partial charge in [-0.2, -0.15) is 0 Å². The normalized spacial score (nSPS) is 12.0. The largest absolute Gasteiger partial charge is 0.324 e. The molecule has 0 radical (unpaired) electrons. The Morgan fingerprint density at radius 3 is 0.467 bits per heavy atom. The molecule has 45 heavy (non-hydrogen) atoms. The maximum atomic E-state index is 2.34. The minimum absolute atomic E-state index is 1.37. The Kier molecular flexibility index (Phi) is 38.4. The van der Waals surface area contributed by atoms with Gasteiger partial charge in [-0.05, 0) is 51.4 Å². The Balaban J connectivity index is 4.84. The molecule has 0 atom stereocenters. The van der Waals surface area contributed by atoms with E-state index in [0.717, 1.165) is 0 Å². The first-order chi connectivity index (χ1) is 22.2. The van der Waals surface area contributed by atoms with E-state index in [1.165, 1.54) is 262 Å². The van der Waals surface area contributed by atoms with Crippen LogP contribution in [-0.2, 0) is 0 Å². The van der Waals surface area contributed by atoms with Crippen molar-refractivity contribution in [2.75, 3.05) is 26.2 Å². The number of hydrogen-bond donors (Lipinski definition) is 0. The lowest BCUT2D eigenvalue weighted by molar-refractivity contribution is -0.929. The van der Waals surface area contributed by atoms with Crippen LogP contribution in [0, 0.1) is 0 Å². The van der Waals surface area contributed by atoms with Gasteiger partial charge in [-0.15, -0.1) is 0 Å². The minimum atomic E-state index is 1.37. The van der Waals surface area contributed by atoms with Crippen LogP contribution in [-0.4, -0.2) is 30.7 Å². The predicted octanol–water partition coefficient (Wildman–Crippen LogP) is 15.9. The van der Waals surface area contributed by atoms with Gasteiger partial charge in [-0.3, -0.25) is 0 Å². The maximum absolute atomic E-state index is 2.34. The van der Waals surface area contributed by atoms with E-state index in [1.54, 1.807) is 0 Å². The van der Waals surface area contributed by atoms with Gasteiger partial charge in [0, 0.05) is 0 Å². The van der Waals surface area contributed by atoms with Crippen LogP contribution in [0.3, 0.4) is 0 Å². The Bertz CT molecular complexity index is 420. The highest BCUT2D eigenvalue weighted by Gasteiger charge is 2.25. The van der Waals surface area contributed by atoms with Crippen molar-refractivity contribution in [1.29, 1.82) is 0 Å². The number of nitrogens with zero attached hydrogens (tertiary/aromatic N) is 1. The summed E-state index contributed by atoms with van der Waals surface area (Å²) in [5, 5.41) is 0. The zero-order valence-corrected chi connectivity index (χ0v) is 32.7. The number of rotatable bonds is 40. The second-order valence-corrected chi connectivity index (χ2v) is 15.5. The molecule has 0 rings (SSSR count). The molecule has 0 aliphatic rings. The first-order valence-corrected chi connectivity index (χ1v) is 22.1. The predicted molar refractivity (Wildman–Crippen MR) is 209 cm³/mol. The van der Waals surface area contributed by atoms with Gasteiger partial charge in [0.25, 0.3) is 0 Å². The molecule has 0 unspecified atom stereocenters. The topological polar surface area (TPSA) is 0 Å². The van der Waals surface area contributed by atoms with Crippen molar-refractivity contribution in [2.45, 2.75) is 259 Å². The SMILES string of the molecule is CCCCCCCCCCC[N+](CCCCCCCCCCC)(CCCCCCCCCCC)CCCCCCCCCCC. The summed E-state index contributed by atoms with van der Waals surface area (Å²) in [6.45, 7) is 15.3. The molecule has 0 aliphatic heterocycles. The first kappa shape index (κ1) is 45.0.